The molecule has 0 aromatic heterocycles. The molecule has 6 nitrogen and oxygen atoms in total. The Kier molecular flexibility index (Phi) is 5.63. The zero-order valence-corrected chi connectivity index (χ0v) is 14.1. The second-order valence-corrected chi connectivity index (χ2v) is 7.28. The lowest BCUT2D eigenvalue weighted by Crippen LogP contribution is -2.39. The minimum absolute atomic E-state index is 0.0420. The number of carbonyl (C=O) groups excluding carboxylic acids is 1. The summed E-state index contributed by atoms with van der Waals surface area (Å²) in [5.74, 6) is -0.511. The number of rotatable bonds is 5. The van der Waals surface area contributed by atoms with Gasteiger partial charge in [-0.25, -0.2) is 13.6 Å². The van der Waals surface area contributed by atoms with Crippen molar-refractivity contribution in [1.29, 1.82) is 0 Å². The number of primary sulfonamides is 1. The summed E-state index contributed by atoms with van der Waals surface area (Å²) in [5.41, 5.74) is -0.519. The van der Waals surface area contributed by atoms with Gasteiger partial charge in [-0.1, -0.05) is 23.2 Å². The number of nitrogens with two attached hydrogens (primary N) is 1. The summed E-state index contributed by atoms with van der Waals surface area (Å²) in [7, 11) is -2.56. The van der Waals surface area contributed by atoms with Gasteiger partial charge in [-0.2, -0.15) is 0 Å². The molecule has 21 heavy (non-hydrogen) atoms. The van der Waals surface area contributed by atoms with E-state index in [0.717, 1.165) is 6.07 Å². The minimum atomic E-state index is -4.08. The van der Waals surface area contributed by atoms with E-state index in [-0.39, 0.29) is 22.2 Å². The lowest BCUT2D eigenvalue weighted by molar-refractivity contribution is 0.0228. The number of carbonyl (C=O) groups is 1. The Labute approximate surface area is 133 Å². The molecular weight excluding hydrogens is 339 g/mol. The number of methoxy groups -OCH3 is 1. The van der Waals surface area contributed by atoms with Gasteiger partial charge < -0.3 is 10.1 Å². The molecule has 0 heterocycles. The third-order valence-electron chi connectivity index (χ3n) is 2.79. The Morgan fingerprint density at radius 1 is 1.38 bits per heavy atom. The predicted molar refractivity (Wildman–Crippen MR) is 81.3 cm³/mol. The number of benzene rings is 1. The van der Waals surface area contributed by atoms with Gasteiger partial charge in [0.1, 0.15) is 4.90 Å². The van der Waals surface area contributed by atoms with E-state index in [1.165, 1.54) is 13.2 Å². The third-order valence-corrected chi connectivity index (χ3v) is 4.64. The maximum atomic E-state index is 12.0. The number of halogens is 2. The van der Waals surface area contributed by atoms with Crippen LogP contribution >= 0.6 is 23.2 Å². The topological polar surface area (TPSA) is 98.5 Å². The number of sulfonamides is 1. The number of nitrogens with one attached hydrogen (secondary N) is 1. The average Bonchev–Trinajstić information content (AvgIpc) is 2.37. The number of ether oxygens (including phenoxy) is 1. The highest BCUT2D eigenvalue weighted by atomic mass is 35.5. The van der Waals surface area contributed by atoms with E-state index in [9.17, 15) is 13.2 Å². The van der Waals surface area contributed by atoms with Gasteiger partial charge in [0.05, 0.1) is 15.6 Å². The van der Waals surface area contributed by atoms with E-state index in [0.29, 0.717) is 0 Å². The molecule has 3 N–H and O–H groups in total. The van der Waals surface area contributed by atoms with Gasteiger partial charge in [0, 0.05) is 19.2 Å². The normalized spacial score (nSPS) is 12.3. The van der Waals surface area contributed by atoms with Crippen molar-refractivity contribution < 1.29 is 17.9 Å². The Balaban J connectivity index is 3.10. The van der Waals surface area contributed by atoms with Crippen molar-refractivity contribution in [3.8, 4) is 0 Å². The fraction of sp³-hybridized carbons (Fsp3) is 0.417. The van der Waals surface area contributed by atoms with Gasteiger partial charge in [0.25, 0.3) is 5.91 Å². The summed E-state index contributed by atoms with van der Waals surface area (Å²) in [4.78, 5) is 11.7. The number of hydrogen-bond acceptors (Lipinski definition) is 4. The van der Waals surface area contributed by atoms with Gasteiger partial charge in [0.2, 0.25) is 10.0 Å². The second kappa shape index (κ2) is 6.50. The van der Waals surface area contributed by atoms with Crippen molar-refractivity contribution in [3.63, 3.8) is 0 Å². The lowest BCUT2D eigenvalue weighted by atomic mass is 10.1. The molecule has 118 valence electrons. The van der Waals surface area contributed by atoms with E-state index >= 15 is 0 Å². The summed E-state index contributed by atoms with van der Waals surface area (Å²) in [5, 5.41) is 7.37. The first-order valence-electron chi connectivity index (χ1n) is 5.83. The molecule has 0 aliphatic carbocycles. The second-order valence-electron chi connectivity index (χ2n) is 4.96. The van der Waals surface area contributed by atoms with Crippen molar-refractivity contribution in [3.05, 3.63) is 27.7 Å². The zero-order valence-electron chi connectivity index (χ0n) is 11.7. The zero-order chi connectivity index (χ0) is 16.4. The van der Waals surface area contributed by atoms with E-state index < -0.39 is 26.4 Å². The Morgan fingerprint density at radius 2 is 1.95 bits per heavy atom. The van der Waals surface area contributed by atoms with Crippen LogP contribution in [0.1, 0.15) is 24.2 Å². The van der Waals surface area contributed by atoms with E-state index in [1.807, 2.05) is 0 Å². The monoisotopic (exact) mass is 354 g/mol. The fourth-order valence-corrected chi connectivity index (χ4v) is 2.73. The van der Waals surface area contributed by atoms with Crippen molar-refractivity contribution >= 4 is 39.1 Å². The molecule has 1 aromatic rings. The van der Waals surface area contributed by atoms with Crippen molar-refractivity contribution in [2.24, 2.45) is 5.14 Å². The maximum Gasteiger partial charge on any atom is 0.251 e. The van der Waals surface area contributed by atoms with Crippen LogP contribution in [0.4, 0.5) is 0 Å². The molecule has 0 saturated carbocycles. The van der Waals surface area contributed by atoms with Crippen LogP contribution in [0, 0.1) is 0 Å². The summed E-state index contributed by atoms with van der Waals surface area (Å²) in [6.07, 6.45) is 0. The Bertz CT molecular complexity index is 659. The molecule has 0 saturated heterocycles. The first-order valence-corrected chi connectivity index (χ1v) is 8.13. The average molecular weight is 355 g/mol. The van der Waals surface area contributed by atoms with Gasteiger partial charge in [-0.05, 0) is 26.0 Å². The molecule has 1 amide bonds. The first kappa shape index (κ1) is 18.2. The van der Waals surface area contributed by atoms with Crippen LogP contribution in [0.3, 0.4) is 0 Å². The summed E-state index contributed by atoms with van der Waals surface area (Å²) in [6, 6.07) is 2.35. The Hall–Kier alpha value is -0.860. The SMILES string of the molecule is COC(C)(C)CNC(=O)c1cc(Cl)c(Cl)c(S(N)(=O)=O)c1. The third kappa shape index (κ3) is 4.82. The van der Waals surface area contributed by atoms with Crippen molar-refractivity contribution in [2.75, 3.05) is 13.7 Å². The maximum absolute atomic E-state index is 12.0. The van der Waals surface area contributed by atoms with Crippen LogP contribution < -0.4 is 10.5 Å². The molecule has 1 rings (SSSR count). The van der Waals surface area contributed by atoms with Crippen LogP contribution in [0.2, 0.25) is 10.0 Å². The molecule has 0 spiro atoms. The Morgan fingerprint density at radius 3 is 2.43 bits per heavy atom. The highest BCUT2D eigenvalue weighted by Crippen LogP contribution is 2.30. The molecule has 0 aliphatic rings. The summed E-state index contributed by atoms with van der Waals surface area (Å²) >= 11 is 11.6. The highest BCUT2D eigenvalue weighted by Gasteiger charge is 2.22. The molecule has 9 heteroatoms. The number of amides is 1. The minimum Gasteiger partial charge on any atom is -0.377 e. The molecule has 0 fully saturated rings. The molecule has 0 radical (unpaired) electrons. The largest absolute Gasteiger partial charge is 0.377 e. The molecule has 1 aromatic carbocycles. The molecule has 0 aliphatic heterocycles. The van der Waals surface area contributed by atoms with Crippen LogP contribution in [0.25, 0.3) is 0 Å². The molecule has 0 unspecified atom stereocenters. The quantitative estimate of drug-likeness (QED) is 0.841. The lowest BCUT2D eigenvalue weighted by Gasteiger charge is -2.23. The highest BCUT2D eigenvalue weighted by molar-refractivity contribution is 7.89. The van der Waals surface area contributed by atoms with E-state index in [1.54, 1.807) is 13.8 Å². The van der Waals surface area contributed by atoms with Crippen LogP contribution in [-0.2, 0) is 14.8 Å². The van der Waals surface area contributed by atoms with E-state index in [4.69, 9.17) is 33.1 Å². The number of hydrogen-bond donors (Lipinski definition) is 2. The van der Waals surface area contributed by atoms with Gasteiger partial charge >= 0.3 is 0 Å². The van der Waals surface area contributed by atoms with Gasteiger partial charge in [-0.15, -0.1) is 0 Å². The van der Waals surface area contributed by atoms with Gasteiger partial charge in [-0.3, -0.25) is 4.79 Å². The smallest absolute Gasteiger partial charge is 0.251 e. The molecule has 0 bridgehead atoms. The van der Waals surface area contributed by atoms with Crippen LogP contribution in [0.5, 0.6) is 0 Å². The molecular formula is C12H16Cl2N2O4S. The van der Waals surface area contributed by atoms with Crippen LogP contribution in [-0.4, -0.2) is 33.6 Å². The summed E-state index contributed by atoms with van der Waals surface area (Å²) < 4.78 is 28.0. The van der Waals surface area contributed by atoms with Gasteiger partial charge in [0.15, 0.2) is 0 Å². The van der Waals surface area contributed by atoms with Crippen LogP contribution in [0.15, 0.2) is 17.0 Å². The predicted octanol–water partition coefficient (Wildman–Crippen LogP) is 1.80. The van der Waals surface area contributed by atoms with Crippen molar-refractivity contribution in [1.82, 2.24) is 5.32 Å². The standard InChI is InChI=1S/C12H16Cl2N2O4S/c1-12(2,20-3)6-16-11(17)7-4-8(13)10(14)9(5-7)21(15,18)19/h4-5H,6H2,1-3H3,(H,16,17)(H2,15,18,19). The fourth-order valence-electron chi connectivity index (χ4n) is 1.37. The first-order chi connectivity index (χ1) is 9.48. The van der Waals surface area contributed by atoms with Crippen molar-refractivity contribution in [2.45, 2.75) is 24.3 Å². The molecule has 0 atom stereocenters. The van der Waals surface area contributed by atoms with E-state index in [2.05, 4.69) is 5.32 Å². The summed E-state index contributed by atoms with van der Waals surface area (Å²) in [6.45, 7) is 3.81.